The summed E-state index contributed by atoms with van der Waals surface area (Å²) in [5.41, 5.74) is 3.57. The quantitative estimate of drug-likeness (QED) is 0.449. The van der Waals surface area contributed by atoms with Gasteiger partial charge in [-0.05, 0) is 63.8 Å². The third kappa shape index (κ3) is 6.50. The van der Waals surface area contributed by atoms with Crippen LogP contribution in [0, 0.1) is 0 Å². The molecule has 0 aliphatic carbocycles. The lowest BCUT2D eigenvalue weighted by atomic mass is 9.91. The molecule has 2 aliphatic rings. The molecule has 4 rings (SSSR count). The number of benzene rings is 1. The van der Waals surface area contributed by atoms with E-state index in [0.717, 1.165) is 47.7 Å². The van der Waals surface area contributed by atoms with Crippen molar-refractivity contribution in [1.29, 1.82) is 0 Å². The van der Waals surface area contributed by atoms with Crippen LogP contribution in [0.25, 0.3) is 0 Å². The lowest BCUT2D eigenvalue weighted by Crippen LogP contribution is -2.44. The molecule has 0 saturated carbocycles. The predicted molar refractivity (Wildman–Crippen MR) is 153 cm³/mol. The van der Waals surface area contributed by atoms with Crippen LogP contribution in [0.5, 0.6) is 0 Å². The Morgan fingerprint density at radius 2 is 2.13 bits per heavy atom. The molecular formula is C29H41BN4O4. The predicted octanol–water partition coefficient (Wildman–Crippen LogP) is 4.85. The Morgan fingerprint density at radius 1 is 1.32 bits per heavy atom. The first-order valence-electron chi connectivity index (χ1n) is 13.7. The van der Waals surface area contributed by atoms with Crippen molar-refractivity contribution >= 4 is 36.6 Å². The number of aromatic nitrogens is 1. The highest BCUT2D eigenvalue weighted by Gasteiger charge is 2.34. The van der Waals surface area contributed by atoms with Gasteiger partial charge < -0.3 is 29.3 Å². The molecule has 1 aromatic carbocycles. The molecule has 204 valence electrons. The van der Waals surface area contributed by atoms with Crippen LogP contribution < -0.4 is 15.1 Å². The van der Waals surface area contributed by atoms with Crippen molar-refractivity contribution < 1.29 is 19.0 Å². The van der Waals surface area contributed by atoms with Gasteiger partial charge in [-0.3, -0.25) is 4.79 Å². The summed E-state index contributed by atoms with van der Waals surface area (Å²) in [4.78, 5) is 22.5. The van der Waals surface area contributed by atoms with Gasteiger partial charge in [0.15, 0.2) is 0 Å². The smallest absolute Gasteiger partial charge is 0.256 e. The van der Waals surface area contributed by atoms with Crippen molar-refractivity contribution in [2.24, 2.45) is 0 Å². The first-order valence-corrected chi connectivity index (χ1v) is 13.7. The summed E-state index contributed by atoms with van der Waals surface area (Å²) in [6.07, 6.45) is 5.20. The summed E-state index contributed by atoms with van der Waals surface area (Å²) in [6.45, 7) is 6.99. The molecule has 8 nitrogen and oxygen atoms in total. The largest absolute Gasteiger partial charge is 0.381 e. The van der Waals surface area contributed by atoms with Gasteiger partial charge in [0.2, 0.25) is 0 Å². The highest BCUT2D eigenvalue weighted by molar-refractivity contribution is 6.09. The number of carbonyl (C=O) groups is 1. The molecule has 3 heterocycles. The minimum Gasteiger partial charge on any atom is -0.381 e. The van der Waals surface area contributed by atoms with Crippen LogP contribution in [-0.2, 0) is 25.5 Å². The normalized spacial score (nSPS) is 20.6. The average molecular weight is 520 g/mol. The van der Waals surface area contributed by atoms with Crippen molar-refractivity contribution in [2.75, 3.05) is 35.9 Å². The van der Waals surface area contributed by atoms with Crippen LogP contribution in [-0.4, -0.2) is 70.0 Å². The Morgan fingerprint density at radius 3 is 2.79 bits per heavy atom. The Balaban J connectivity index is 1.63. The first-order chi connectivity index (χ1) is 18.3. The van der Waals surface area contributed by atoms with E-state index in [1.54, 1.807) is 13.3 Å². The highest BCUT2D eigenvalue weighted by atomic mass is 16.5. The van der Waals surface area contributed by atoms with Gasteiger partial charge in [-0.15, -0.1) is 0 Å². The second-order valence-corrected chi connectivity index (χ2v) is 10.5. The SMILES string of the molecule is [B]C[C@H](C[C@@H](CC)OC)N(C)c1ccc2c(c1)N(C(=O)[C@H]1CC[C@H](OC(C)C)CO1)Cc1cccnc1N2. The fraction of sp³-hybridized carbons (Fsp3) is 0.586. The van der Waals surface area contributed by atoms with Gasteiger partial charge in [-0.25, -0.2) is 4.98 Å². The standard InChI is InChI=1S/C29H41BN4O4/c1-6-23(36-5)14-22(16-30)33(4)21-9-11-25-26(15-21)34(17-20-8-7-13-31-28(20)32-25)29(35)27-12-10-24(18-37-27)38-19(2)3/h7-9,11,13,15,19,22-24,27H,6,10,12,14,16-18H2,1-5H3,(H,31,32)/t22-,23+,24-,27+/m0/s1. The van der Waals surface area contributed by atoms with Gasteiger partial charge in [0.25, 0.3) is 5.91 Å². The van der Waals surface area contributed by atoms with Crippen LogP contribution in [0.4, 0.5) is 22.9 Å². The molecule has 2 aromatic rings. The fourth-order valence-corrected chi connectivity index (χ4v) is 5.27. The molecule has 1 aromatic heterocycles. The van der Waals surface area contributed by atoms with Crippen molar-refractivity contribution in [3.63, 3.8) is 0 Å². The third-order valence-corrected chi connectivity index (χ3v) is 7.54. The molecule has 0 spiro atoms. The maximum Gasteiger partial charge on any atom is 0.256 e. The Hall–Kier alpha value is -2.62. The zero-order chi connectivity index (χ0) is 27.2. The lowest BCUT2D eigenvalue weighted by Gasteiger charge is -2.34. The molecule has 4 atom stereocenters. The van der Waals surface area contributed by atoms with Crippen LogP contribution >= 0.6 is 0 Å². The van der Waals surface area contributed by atoms with Gasteiger partial charge in [-0.2, -0.15) is 0 Å². The molecule has 1 fully saturated rings. The number of nitrogens with one attached hydrogen (secondary N) is 1. The molecule has 2 radical (unpaired) electrons. The number of fused-ring (bicyclic) bond motifs is 2. The van der Waals surface area contributed by atoms with Gasteiger partial charge in [0.05, 0.1) is 50.7 Å². The van der Waals surface area contributed by atoms with Crippen LogP contribution in [0.3, 0.4) is 0 Å². The van der Waals surface area contributed by atoms with Gasteiger partial charge in [0, 0.05) is 37.6 Å². The zero-order valence-electron chi connectivity index (χ0n) is 23.4. The Bertz CT molecular complexity index is 1070. The summed E-state index contributed by atoms with van der Waals surface area (Å²) in [5.74, 6) is 0.708. The minimum atomic E-state index is -0.515. The maximum absolute atomic E-state index is 14.0. The Kier molecular flexibility index (Phi) is 9.68. The summed E-state index contributed by atoms with van der Waals surface area (Å²) in [6, 6.07) is 10.1. The number of methoxy groups -OCH3 is 1. The molecule has 9 heteroatoms. The Labute approximate surface area is 228 Å². The number of amides is 1. The summed E-state index contributed by atoms with van der Waals surface area (Å²) >= 11 is 0. The van der Waals surface area contributed by atoms with Crippen molar-refractivity contribution in [2.45, 2.75) is 89.8 Å². The second-order valence-electron chi connectivity index (χ2n) is 10.5. The number of carbonyl (C=O) groups excluding carboxylic acids is 1. The van der Waals surface area contributed by atoms with Crippen molar-refractivity contribution in [3.8, 4) is 0 Å². The number of ether oxygens (including phenoxy) is 3. The van der Waals surface area contributed by atoms with E-state index in [1.165, 1.54) is 0 Å². The molecule has 1 saturated heterocycles. The van der Waals surface area contributed by atoms with Crippen LogP contribution in [0.1, 0.15) is 52.0 Å². The molecular weight excluding hydrogens is 479 g/mol. The van der Waals surface area contributed by atoms with Crippen LogP contribution in [0.2, 0.25) is 6.32 Å². The summed E-state index contributed by atoms with van der Waals surface area (Å²) in [7, 11) is 9.99. The number of hydrogen-bond donors (Lipinski definition) is 1. The molecule has 0 unspecified atom stereocenters. The molecule has 38 heavy (non-hydrogen) atoms. The van der Waals surface area contributed by atoms with E-state index in [0.29, 0.717) is 25.9 Å². The average Bonchev–Trinajstić information content (AvgIpc) is 3.09. The monoisotopic (exact) mass is 520 g/mol. The number of anilines is 4. The summed E-state index contributed by atoms with van der Waals surface area (Å²) < 4.78 is 17.6. The third-order valence-electron chi connectivity index (χ3n) is 7.54. The minimum absolute atomic E-state index is 0.0227. The van der Waals surface area contributed by atoms with E-state index in [-0.39, 0.29) is 30.3 Å². The van der Waals surface area contributed by atoms with E-state index in [4.69, 9.17) is 22.1 Å². The topological polar surface area (TPSA) is 76.2 Å². The number of hydrogen-bond acceptors (Lipinski definition) is 7. The molecule has 1 amide bonds. The van der Waals surface area contributed by atoms with Crippen LogP contribution in [0.15, 0.2) is 36.5 Å². The van der Waals surface area contributed by atoms with E-state index in [9.17, 15) is 4.79 Å². The highest BCUT2D eigenvalue weighted by Crippen LogP contribution is 2.39. The molecule has 2 aliphatic heterocycles. The van der Waals surface area contributed by atoms with Crippen molar-refractivity contribution in [1.82, 2.24) is 4.98 Å². The molecule has 0 bridgehead atoms. The number of pyridine rings is 1. The number of rotatable bonds is 10. The second kappa shape index (κ2) is 13.0. The van der Waals surface area contributed by atoms with E-state index < -0.39 is 6.10 Å². The summed E-state index contributed by atoms with van der Waals surface area (Å²) in [5, 5.41) is 3.45. The number of nitrogens with zero attached hydrogens (tertiary/aromatic N) is 3. The van der Waals surface area contributed by atoms with Gasteiger partial charge >= 0.3 is 0 Å². The maximum atomic E-state index is 14.0. The van der Waals surface area contributed by atoms with E-state index in [1.807, 2.05) is 44.0 Å². The molecule has 1 N–H and O–H groups in total. The first kappa shape index (κ1) is 28.4. The van der Waals surface area contributed by atoms with Gasteiger partial charge in [-0.1, -0.05) is 19.3 Å². The van der Waals surface area contributed by atoms with E-state index in [2.05, 4.69) is 34.3 Å². The fourth-order valence-electron chi connectivity index (χ4n) is 5.27. The van der Waals surface area contributed by atoms with E-state index >= 15 is 0 Å². The van der Waals surface area contributed by atoms with Gasteiger partial charge in [0.1, 0.15) is 11.9 Å². The van der Waals surface area contributed by atoms with Crippen molar-refractivity contribution in [3.05, 3.63) is 42.1 Å². The lowest BCUT2D eigenvalue weighted by molar-refractivity contribution is -0.143. The zero-order valence-corrected chi connectivity index (χ0v) is 23.4.